The quantitative estimate of drug-likeness (QED) is 0.424. The van der Waals surface area contributed by atoms with Gasteiger partial charge in [-0.2, -0.15) is 5.11 Å². The van der Waals surface area contributed by atoms with E-state index in [0.717, 1.165) is 17.7 Å². The number of anilines is 1. The second-order valence-corrected chi connectivity index (χ2v) is 8.51. The van der Waals surface area contributed by atoms with E-state index in [-0.39, 0.29) is 18.2 Å². The molecule has 2 aliphatic rings. The van der Waals surface area contributed by atoms with Gasteiger partial charge in [-0.05, 0) is 43.5 Å². The first-order valence-corrected chi connectivity index (χ1v) is 11.2. The number of amides is 1. The molecule has 10 heteroatoms. The number of benzene rings is 2. The molecule has 2 heterocycles. The van der Waals surface area contributed by atoms with Gasteiger partial charge in [-0.3, -0.25) is 4.79 Å². The Morgan fingerprint density at radius 3 is 2.74 bits per heavy atom. The second-order valence-electron chi connectivity index (χ2n) is 8.51. The summed E-state index contributed by atoms with van der Waals surface area (Å²) in [5.41, 5.74) is 1.17. The van der Waals surface area contributed by atoms with Crippen molar-refractivity contribution in [3.8, 4) is 11.5 Å². The zero-order chi connectivity index (χ0) is 24.1. The third kappa shape index (κ3) is 5.09. The van der Waals surface area contributed by atoms with E-state index in [2.05, 4.69) is 32.8 Å². The topological polar surface area (TPSA) is 137 Å². The summed E-state index contributed by atoms with van der Waals surface area (Å²) in [5.74, 6) is 0.707. The van der Waals surface area contributed by atoms with Gasteiger partial charge in [0, 0.05) is 17.7 Å². The number of para-hydroxylation sites is 1. The minimum Gasteiger partial charge on any atom is -0.497 e. The van der Waals surface area contributed by atoms with Crippen LogP contribution < -0.4 is 20.1 Å². The smallest absolute Gasteiger partial charge is 0.293 e. The number of azo groups is 1. The summed E-state index contributed by atoms with van der Waals surface area (Å²) in [6, 6.07) is 12.8. The van der Waals surface area contributed by atoms with E-state index in [1.807, 2.05) is 24.3 Å². The van der Waals surface area contributed by atoms with Crippen LogP contribution in [-0.4, -0.2) is 48.9 Å². The Morgan fingerprint density at radius 2 is 2.03 bits per heavy atom. The number of hydrogen-bond acceptors (Lipinski definition) is 9. The third-order valence-electron chi connectivity index (χ3n) is 6.03. The van der Waals surface area contributed by atoms with E-state index in [1.54, 1.807) is 25.3 Å². The van der Waals surface area contributed by atoms with Crippen molar-refractivity contribution in [2.75, 3.05) is 25.5 Å². The fraction of sp³-hybridized carbons (Fsp3) is 0.417. The highest BCUT2D eigenvalue weighted by molar-refractivity contribution is 5.97. The molecule has 10 nitrogen and oxygen atoms in total. The molecule has 1 amide bonds. The van der Waals surface area contributed by atoms with Crippen LogP contribution in [0, 0.1) is 5.92 Å². The molecule has 4 rings (SSSR count). The highest BCUT2D eigenvalue weighted by Gasteiger charge is 2.34. The normalized spacial score (nSPS) is 22.6. The van der Waals surface area contributed by atoms with Gasteiger partial charge >= 0.3 is 0 Å². The maximum absolute atomic E-state index is 11.6. The summed E-state index contributed by atoms with van der Waals surface area (Å²) < 4.78 is 10.5. The van der Waals surface area contributed by atoms with Gasteiger partial charge in [-0.25, -0.2) is 4.99 Å². The molecule has 0 aromatic heterocycles. The number of carbonyl (C=O) groups excluding carboxylic acids is 1. The molecule has 4 unspecified atom stereocenters. The van der Waals surface area contributed by atoms with Crippen molar-refractivity contribution in [3.63, 3.8) is 0 Å². The Labute approximate surface area is 197 Å². The van der Waals surface area contributed by atoms with E-state index in [1.165, 1.54) is 6.34 Å². The zero-order valence-corrected chi connectivity index (χ0v) is 19.1. The Balaban J connectivity index is 1.30. The largest absolute Gasteiger partial charge is 0.497 e. The van der Waals surface area contributed by atoms with Crippen LogP contribution in [-0.2, 0) is 10.5 Å². The molecule has 4 atom stereocenters. The van der Waals surface area contributed by atoms with Crippen molar-refractivity contribution in [1.29, 1.82) is 0 Å². The Hall–Kier alpha value is -3.34. The molecule has 0 saturated carbocycles. The number of aliphatic imine (C=N–C) groups is 1. The van der Waals surface area contributed by atoms with Gasteiger partial charge in [-0.15, -0.1) is 5.11 Å². The number of carbonyl (C=O) groups is 1. The lowest BCUT2D eigenvalue weighted by Gasteiger charge is -2.26. The van der Waals surface area contributed by atoms with Crippen molar-refractivity contribution < 1.29 is 24.5 Å². The molecule has 0 aliphatic carbocycles. The highest BCUT2D eigenvalue weighted by atomic mass is 16.6. The molecular formula is C24H29N5O5. The number of rotatable bonds is 10. The zero-order valence-electron chi connectivity index (χ0n) is 19.1. The van der Waals surface area contributed by atoms with E-state index in [0.29, 0.717) is 24.2 Å². The average molecular weight is 468 g/mol. The summed E-state index contributed by atoms with van der Waals surface area (Å²) in [5, 5.41) is 34.6. The van der Waals surface area contributed by atoms with Crippen LogP contribution in [0.25, 0.3) is 0 Å². The molecule has 34 heavy (non-hydrogen) atoms. The van der Waals surface area contributed by atoms with Gasteiger partial charge in [0.2, 0.25) is 0 Å². The summed E-state index contributed by atoms with van der Waals surface area (Å²) in [4.78, 5) is 16.1. The standard InChI is InChI=1S/C24H29N5O5/c1-15(10-11-24(26-14-27-29-24)16-6-8-17(33-2)9-7-16)12-25-13-20(30)18-4-3-5-19-21(18)34-23(32)22(31)28-19/h3-9,14-15,20,23,25,30,32H,10-13H2,1-2H3,(H,28,31). The van der Waals surface area contributed by atoms with Crippen LogP contribution in [0.1, 0.15) is 37.0 Å². The molecule has 180 valence electrons. The number of methoxy groups -OCH3 is 1. The first kappa shape index (κ1) is 23.8. The van der Waals surface area contributed by atoms with Crippen LogP contribution >= 0.6 is 0 Å². The lowest BCUT2D eigenvalue weighted by Crippen LogP contribution is -2.37. The van der Waals surface area contributed by atoms with Crippen molar-refractivity contribution in [3.05, 3.63) is 53.6 Å². The Bertz CT molecular complexity index is 1060. The summed E-state index contributed by atoms with van der Waals surface area (Å²) in [7, 11) is 1.63. The number of nitrogens with one attached hydrogen (secondary N) is 2. The summed E-state index contributed by atoms with van der Waals surface area (Å²) in [6.45, 7) is 3.08. The minimum atomic E-state index is -1.60. The van der Waals surface area contributed by atoms with E-state index >= 15 is 0 Å². The number of nitrogens with zero attached hydrogens (tertiary/aromatic N) is 3. The second kappa shape index (κ2) is 10.3. The maximum Gasteiger partial charge on any atom is 0.293 e. The van der Waals surface area contributed by atoms with Crippen LogP contribution in [0.5, 0.6) is 11.5 Å². The van der Waals surface area contributed by atoms with E-state index in [9.17, 15) is 15.0 Å². The number of ether oxygens (including phenoxy) is 2. The lowest BCUT2D eigenvalue weighted by molar-refractivity contribution is -0.139. The molecule has 0 fully saturated rings. The van der Waals surface area contributed by atoms with Crippen molar-refractivity contribution in [2.24, 2.45) is 21.1 Å². The molecule has 2 aromatic rings. The average Bonchev–Trinajstić information content (AvgIpc) is 3.33. The summed E-state index contributed by atoms with van der Waals surface area (Å²) >= 11 is 0. The van der Waals surface area contributed by atoms with Gasteiger partial charge in [-0.1, -0.05) is 31.2 Å². The lowest BCUT2D eigenvalue weighted by atomic mass is 9.91. The molecule has 2 aliphatic heterocycles. The van der Waals surface area contributed by atoms with E-state index < -0.39 is 24.0 Å². The monoisotopic (exact) mass is 467 g/mol. The van der Waals surface area contributed by atoms with Crippen LogP contribution in [0.4, 0.5) is 5.69 Å². The van der Waals surface area contributed by atoms with Gasteiger partial charge < -0.3 is 30.3 Å². The van der Waals surface area contributed by atoms with Gasteiger partial charge in [0.05, 0.1) is 18.9 Å². The molecule has 0 spiro atoms. The molecule has 0 radical (unpaired) electrons. The molecule has 2 aromatic carbocycles. The van der Waals surface area contributed by atoms with Crippen molar-refractivity contribution in [1.82, 2.24) is 5.32 Å². The van der Waals surface area contributed by atoms with Crippen LogP contribution in [0.2, 0.25) is 0 Å². The maximum atomic E-state index is 11.6. The van der Waals surface area contributed by atoms with Crippen LogP contribution in [0.15, 0.2) is 57.7 Å². The number of aliphatic hydroxyl groups is 2. The molecule has 0 bridgehead atoms. The van der Waals surface area contributed by atoms with Gasteiger partial charge in [0.1, 0.15) is 12.1 Å². The van der Waals surface area contributed by atoms with Crippen molar-refractivity contribution in [2.45, 2.75) is 37.8 Å². The fourth-order valence-electron chi connectivity index (χ4n) is 4.05. The van der Waals surface area contributed by atoms with E-state index in [4.69, 9.17) is 9.47 Å². The number of fused-ring (bicyclic) bond motifs is 1. The van der Waals surface area contributed by atoms with Gasteiger partial charge in [0.25, 0.3) is 12.2 Å². The predicted octanol–water partition coefficient (Wildman–Crippen LogP) is 2.73. The molecule has 4 N–H and O–H groups in total. The van der Waals surface area contributed by atoms with Gasteiger partial charge in [0.15, 0.2) is 11.4 Å². The number of aliphatic hydroxyl groups excluding tert-OH is 2. The third-order valence-corrected chi connectivity index (χ3v) is 6.03. The van der Waals surface area contributed by atoms with Crippen molar-refractivity contribution >= 4 is 17.9 Å². The molecular weight excluding hydrogens is 438 g/mol. The minimum absolute atomic E-state index is 0.280. The van der Waals surface area contributed by atoms with Crippen LogP contribution in [0.3, 0.4) is 0 Å². The molecule has 0 saturated heterocycles. The fourth-order valence-corrected chi connectivity index (χ4v) is 4.05. The number of hydrogen-bond donors (Lipinski definition) is 4. The Kier molecular flexibility index (Phi) is 7.20. The Morgan fingerprint density at radius 1 is 1.24 bits per heavy atom. The summed E-state index contributed by atoms with van der Waals surface area (Å²) in [6.07, 6.45) is 0.562. The highest BCUT2D eigenvalue weighted by Crippen LogP contribution is 2.38. The first-order valence-electron chi connectivity index (χ1n) is 11.2. The predicted molar refractivity (Wildman–Crippen MR) is 126 cm³/mol. The SMILES string of the molecule is COc1ccc(C2(CCC(C)CNCC(O)c3cccc4c3OC(O)C(=O)N4)N=CN=N2)cc1. The first-order chi connectivity index (χ1) is 16.4.